The number of imidazole rings is 1. The summed E-state index contributed by atoms with van der Waals surface area (Å²) in [5, 5.41) is 12.2. The fraction of sp³-hybridized carbons (Fsp3) is 0.222. The van der Waals surface area contributed by atoms with E-state index in [-0.39, 0.29) is 11.7 Å². The van der Waals surface area contributed by atoms with E-state index in [1.165, 1.54) is 12.1 Å². The number of aromatic nitrogens is 2. The van der Waals surface area contributed by atoms with Crippen LogP contribution in [-0.2, 0) is 6.42 Å². The molecule has 0 saturated carbocycles. The number of carbonyl (C=O) groups excluding carboxylic acids is 1. The van der Waals surface area contributed by atoms with Gasteiger partial charge in [-0.15, -0.1) is 0 Å². The zero-order valence-corrected chi connectivity index (χ0v) is 15.1. The zero-order chi connectivity index (χ0) is 17.3. The average molecular weight is 388 g/mol. The molecule has 6 heteroatoms. The van der Waals surface area contributed by atoms with Crippen molar-refractivity contribution < 1.29 is 9.90 Å². The summed E-state index contributed by atoms with van der Waals surface area (Å²) < 4.78 is 2.73. The number of carbonyl (C=O) groups is 1. The minimum absolute atomic E-state index is 0.161. The van der Waals surface area contributed by atoms with Gasteiger partial charge in [-0.25, -0.2) is 4.98 Å². The van der Waals surface area contributed by atoms with Gasteiger partial charge in [-0.1, -0.05) is 13.3 Å². The number of aryl methyl sites for hydroxylation is 2. The van der Waals surface area contributed by atoms with Crippen molar-refractivity contribution in [2.75, 3.05) is 5.32 Å². The molecule has 1 aromatic carbocycles. The molecule has 0 atom stereocenters. The van der Waals surface area contributed by atoms with Crippen molar-refractivity contribution in [2.45, 2.75) is 26.7 Å². The van der Waals surface area contributed by atoms with Crippen LogP contribution in [0.5, 0.6) is 5.75 Å². The second-order valence-electron chi connectivity index (χ2n) is 5.69. The molecule has 2 N–H and O–H groups in total. The summed E-state index contributed by atoms with van der Waals surface area (Å²) in [7, 11) is 0. The molecule has 0 radical (unpaired) electrons. The van der Waals surface area contributed by atoms with Crippen molar-refractivity contribution in [3.8, 4) is 5.75 Å². The van der Waals surface area contributed by atoms with Crippen molar-refractivity contribution in [3.05, 3.63) is 58.0 Å². The minimum atomic E-state index is -0.214. The van der Waals surface area contributed by atoms with Crippen LogP contribution in [0.2, 0.25) is 0 Å². The first-order valence-electron chi connectivity index (χ1n) is 7.77. The van der Waals surface area contributed by atoms with Crippen LogP contribution in [0.3, 0.4) is 0 Å². The van der Waals surface area contributed by atoms with Gasteiger partial charge in [0, 0.05) is 16.4 Å². The summed E-state index contributed by atoms with van der Waals surface area (Å²) in [5.41, 5.74) is 3.75. The molecule has 0 aliphatic rings. The molecular weight excluding hydrogens is 370 g/mol. The first-order valence-corrected chi connectivity index (χ1v) is 8.56. The zero-order valence-electron chi connectivity index (χ0n) is 13.5. The Hall–Kier alpha value is -2.34. The van der Waals surface area contributed by atoms with Gasteiger partial charge in [0.15, 0.2) is 0 Å². The number of rotatable bonds is 4. The highest BCUT2D eigenvalue weighted by molar-refractivity contribution is 9.10. The van der Waals surface area contributed by atoms with Crippen LogP contribution in [0, 0.1) is 6.92 Å². The number of phenolic OH excluding ortho intramolecular Hbond substituents is 1. The van der Waals surface area contributed by atoms with Gasteiger partial charge >= 0.3 is 0 Å². The van der Waals surface area contributed by atoms with Gasteiger partial charge in [0.2, 0.25) is 0 Å². The third kappa shape index (κ3) is 3.14. The summed E-state index contributed by atoms with van der Waals surface area (Å²) in [6.07, 6.45) is 3.50. The number of amides is 1. The Labute approximate surface area is 148 Å². The number of anilines is 1. The summed E-state index contributed by atoms with van der Waals surface area (Å²) in [6, 6.07) is 8.39. The lowest BCUT2D eigenvalue weighted by Crippen LogP contribution is -2.16. The third-order valence-corrected chi connectivity index (χ3v) is 4.20. The highest BCUT2D eigenvalue weighted by atomic mass is 79.9. The molecule has 124 valence electrons. The molecule has 3 rings (SSSR count). The van der Waals surface area contributed by atoms with E-state index in [0.29, 0.717) is 11.4 Å². The largest absolute Gasteiger partial charge is 0.508 e. The van der Waals surface area contributed by atoms with E-state index in [9.17, 15) is 9.90 Å². The van der Waals surface area contributed by atoms with Crippen LogP contribution in [0.15, 0.2) is 41.0 Å². The van der Waals surface area contributed by atoms with Crippen molar-refractivity contribution in [2.24, 2.45) is 0 Å². The molecule has 3 aromatic rings. The predicted octanol–water partition coefficient (Wildman–Crippen LogP) is 4.32. The molecule has 0 bridgehead atoms. The highest BCUT2D eigenvalue weighted by Crippen LogP contribution is 2.23. The van der Waals surface area contributed by atoms with E-state index in [0.717, 1.165) is 34.2 Å². The van der Waals surface area contributed by atoms with Crippen LogP contribution in [0.1, 0.15) is 35.1 Å². The SMILES string of the molecule is CCCc1nc2c(C)cc(Br)cn2c1C(=O)Nc1ccc(O)cc1. The Kier molecular flexibility index (Phi) is 4.57. The number of fused-ring (bicyclic) bond motifs is 1. The van der Waals surface area contributed by atoms with E-state index in [2.05, 4.69) is 33.2 Å². The average Bonchev–Trinajstić information content (AvgIpc) is 2.88. The van der Waals surface area contributed by atoms with Crippen LogP contribution in [0.25, 0.3) is 5.65 Å². The third-order valence-electron chi connectivity index (χ3n) is 3.77. The number of hydrogen-bond acceptors (Lipinski definition) is 3. The molecule has 2 heterocycles. The number of benzene rings is 1. The molecule has 0 spiro atoms. The van der Waals surface area contributed by atoms with E-state index in [4.69, 9.17) is 0 Å². The maximum Gasteiger partial charge on any atom is 0.274 e. The molecule has 0 unspecified atom stereocenters. The van der Waals surface area contributed by atoms with Gasteiger partial charge in [-0.05, 0) is 65.2 Å². The first kappa shape index (κ1) is 16.5. The highest BCUT2D eigenvalue weighted by Gasteiger charge is 2.20. The lowest BCUT2D eigenvalue weighted by Gasteiger charge is -2.08. The summed E-state index contributed by atoms with van der Waals surface area (Å²) in [4.78, 5) is 17.5. The van der Waals surface area contributed by atoms with Gasteiger partial charge in [0.1, 0.15) is 17.1 Å². The number of nitrogens with zero attached hydrogens (tertiary/aromatic N) is 2. The second kappa shape index (κ2) is 6.65. The van der Waals surface area contributed by atoms with Crippen molar-refractivity contribution >= 4 is 33.2 Å². The normalized spacial score (nSPS) is 11.0. The smallest absolute Gasteiger partial charge is 0.274 e. The van der Waals surface area contributed by atoms with Gasteiger partial charge in [0.25, 0.3) is 5.91 Å². The molecule has 0 aliphatic carbocycles. The monoisotopic (exact) mass is 387 g/mol. The molecule has 1 amide bonds. The fourth-order valence-electron chi connectivity index (χ4n) is 2.70. The van der Waals surface area contributed by atoms with Crippen molar-refractivity contribution in [1.29, 1.82) is 0 Å². The molecular formula is C18H18BrN3O2. The Morgan fingerprint density at radius 1 is 1.33 bits per heavy atom. The van der Waals surface area contributed by atoms with E-state index in [1.807, 2.05) is 23.6 Å². The summed E-state index contributed by atoms with van der Waals surface area (Å²) in [6.45, 7) is 4.04. The number of phenols is 1. The molecule has 0 fully saturated rings. The van der Waals surface area contributed by atoms with Gasteiger partial charge in [0.05, 0.1) is 5.69 Å². The van der Waals surface area contributed by atoms with Crippen LogP contribution in [0.4, 0.5) is 5.69 Å². The molecule has 2 aromatic heterocycles. The van der Waals surface area contributed by atoms with Gasteiger partial charge in [-0.2, -0.15) is 0 Å². The molecule has 0 aliphatic heterocycles. The van der Waals surface area contributed by atoms with Gasteiger partial charge in [-0.3, -0.25) is 9.20 Å². The van der Waals surface area contributed by atoms with E-state index < -0.39 is 0 Å². The Morgan fingerprint density at radius 2 is 2.04 bits per heavy atom. The van der Waals surface area contributed by atoms with Crippen LogP contribution >= 0.6 is 15.9 Å². The number of halogens is 1. The molecule has 0 saturated heterocycles. The van der Waals surface area contributed by atoms with Crippen molar-refractivity contribution in [1.82, 2.24) is 9.38 Å². The van der Waals surface area contributed by atoms with E-state index in [1.54, 1.807) is 12.1 Å². The van der Waals surface area contributed by atoms with Crippen LogP contribution in [-0.4, -0.2) is 20.4 Å². The maximum atomic E-state index is 12.8. The number of nitrogens with one attached hydrogen (secondary N) is 1. The van der Waals surface area contributed by atoms with Crippen molar-refractivity contribution in [3.63, 3.8) is 0 Å². The lowest BCUT2D eigenvalue weighted by atomic mass is 10.2. The second-order valence-corrected chi connectivity index (χ2v) is 6.61. The fourth-order valence-corrected chi connectivity index (χ4v) is 3.25. The quantitative estimate of drug-likeness (QED) is 0.655. The Bertz CT molecular complexity index is 901. The number of pyridine rings is 1. The maximum absolute atomic E-state index is 12.8. The Morgan fingerprint density at radius 3 is 2.71 bits per heavy atom. The molecule has 24 heavy (non-hydrogen) atoms. The van der Waals surface area contributed by atoms with Crippen LogP contribution < -0.4 is 5.32 Å². The topological polar surface area (TPSA) is 66.6 Å². The minimum Gasteiger partial charge on any atom is -0.508 e. The first-order chi connectivity index (χ1) is 11.5. The summed E-state index contributed by atoms with van der Waals surface area (Å²) in [5.74, 6) is -0.0526. The predicted molar refractivity (Wildman–Crippen MR) is 97.7 cm³/mol. The standard InChI is InChI=1S/C18H18BrN3O2/c1-3-4-15-16(18(24)20-13-5-7-14(23)8-6-13)22-10-12(19)9-11(2)17(22)21-15/h5-10,23H,3-4H2,1-2H3,(H,20,24). The summed E-state index contributed by atoms with van der Waals surface area (Å²) >= 11 is 3.48. The van der Waals surface area contributed by atoms with E-state index >= 15 is 0 Å². The number of hydrogen-bond donors (Lipinski definition) is 2. The lowest BCUT2D eigenvalue weighted by molar-refractivity contribution is 0.102. The Balaban J connectivity index is 2.07. The van der Waals surface area contributed by atoms with Gasteiger partial charge < -0.3 is 10.4 Å². The molecule has 5 nitrogen and oxygen atoms in total. The number of aromatic hydroxyl groups is 1.